The van der Waals surface area contributed by atoms with Crippen LogP contribution >= 0.6 is 15.8 Å². The molecule has 0 aliphatic heterocycles. The second kappa shape index (κ2) is 12.3. The Bertz CT molecular complexity index is 585. The zero-order valence-electron chi connectivity index (χ0n) is 21.2. The van der Waals surface area contributed by atoms with Gasteiger partial charge in [0.1, 0.15) is 0 Å². The van der Waals surface area contributed by atoms with Gasteiger partial charge in [-0.3, -0.25) is 0 Å². The Balaban J connectivity index is 0. The molecule has 2 aromatic carbocycles. The maximum absolute atomic E-state index is 2.36. The van der Waals surface area contributed by atoms with Gasteiger partial charge >= 0.3 is 17.1 Å². The SMILES string of the molecule is CC(C)(C)P(c1ccc[cH-]1)C(C)(C)C.CC(C)(C)P(c1ccc[cH-]1)C(C)(C)C.[Fe+2].[Pd]. The van der Waals surface area contributed by atoms with E-state index < -0.39 is 0 Å². The maximum atomic E-state index is 2.36. The van der Waals surface area contributed by atoms with Crippen molar-refractivity contribution in [2.75, 3.05) is 0 Å². The van der Waals surface area contributed by atoms with Gasteiger partial charge in [-0.2, -0.15) is 24.3 Å². The predicted molar refractivity (Wildman–Crippen MR) is 136 cm³/mol. The average molecular weight is 581 g/mol. The molecule has 0 saturated heterocycles. The molecule has 4 heteroatoms. The van der Waals surface area contributed by atoms with Crippen LogP contribution < -0.4 is 10.6 Å². The van der Waals surface area contributed by atoms with E-state index in [9.17, 15) is 0 Å². The van der Waals surface area contributed by atoms with Crippen LogP contribution in [0.2, 0.25) is 0 Å². The maximum Gasteiger partial charge on any atom is 2.00 e. The van der Waals surface area contributed by atoms with Gasteiger partial charge in [-0.05, 0) is 20.6 Å². The van der Waals surface area contributed by atoms with Gasteiger partial charge in [0.05, 0.1) is 0 Å². The molecule has 0 aliphatic carbocycles. The van der Waals surface area contributed by atoms with E-state index in [1.807, 2.05) is 0 Å². The first-order chi connectivity index (χ1) is 12.5. The van der Waals surface area contributed by atoms with Gasteiger partial charge in [0, 0.05) is 20.4 Å². The minimum atomic E-state index is -0.101. The fraction of sp³-hybridized carbons (Fsp3) is 0.615. The molecular weight excluding hydrogens is 536 g/mol. The summed E-state index contributed by atoms with van der Waals surface area (Å²) in [4.78, 5) is 0. The first kappa shape index (κ1) is 32.9. The standard InChI is InChI=1S/2C13H22P.Fe.Pd/c2*1-12(2,3)14(13(4,5)6)11-9-7-8-10-11;;/h2*7-10H,1-6H3;;/q2*-1;+2;. The van der Waals surface area contributed by atoms with E-state index in [0.717, 1.165) is 0 Å². The van der Waals surface area contributed by atoms with E-state index in [-0.39, 0.29) is 53.3 Å². The van der Waals surface area contributed by atoms with E-state index in [1.54, 1.807) is 10.6 Å². The Labute approximate surface area is 215 Å². The largest absolute Gasteiger partial charge is 2.00 e. The van der Waals surface area contributed by atoms with Crippen LogP contribution in [0.25, 0.3) is 0 Å². The van der Waals surface area contributed by atoms with Crippen molar-refractivity contribution < 1.29 is 37.5 Å². The van der Waals surface area contributed by atoms with Crippen LogP contribution in [0.5, 0.6) is 0 Å². The van der Waals surface area contributed by atoms with Gasteiger partial charge in [-0.1, -0.05) is 98.9 Å². The normalized spacial score (nSPS) is 12.7. The molecule has 30 heavy (non-hydrogen) atoms. The van der Waals surface area contributed by atoms with Crippen molar-refractivity contribution in [3.05, 3.63) is 48.5 Å². The van der Waals surface area contributed by atoms with E-state index >= 15 is 0 Å². The fourth-order valence-electron chi connectivity index (χ4n) is 4.59. The van der Waals surface area contributed by atoms with Gasteiger partial charge in [0.15, 0.2) is 0 Å². The molecule has 0 spiro atoms. The Morgan fingerprint density at radius 2 is 0.767 bits per heavy atom. The number of rotatable bonds is 2. The molecular formula is C26H44FeP2Pd. The number of hydrogen-bond acceptors (Lipinski definition) is 0. The Kier molecular flexibility index (Phi) is 13.5. The van der Waals surface area contributed by atoms with Crippen molar-refractivity contribution in [2.24, 2.45) is 0 Å². The molecule has 176 valence electrons. The Morgan fingerprint density at radius 1 is 0.533 bits per heavy atom. The van der Waals surface area contributed by atoms with Crippen molar-refractivity contribution in [3.63, 3.8) is 0 Å². The summed E-state index contributed by atoms with van der Waals surface area (Å²) >= 11 is 0. The minimum Gasteiger partial charge on any atom is -0.213 e. The molecule has 0 nitrogen and oxygen atoms in total. The molecule has 0 saturated carbocycles. The summed E-state index contributed by atoms with van der Waals surface area (Å²) in [5.74, 6) is 0. The van der Waals surface area contributed by atoms with Crippen LogP contribution in [0.4, 0.5) is 0 Å². The molecule has 0 aromatic heterocycles. The van der Waals surface area contributed by atoms with E-state index in [2.05, 4.69) is 132 Å². The predicted octanol–water partition coefficient (Wildman–Crippen LogP) is 8.21. The van der Waals surface area contributed by atoms with Gasteiger partial charge < -0.3 is 0 Å². The van der Waals surface area contributed by atoms with Crippen LogP contribution in [0.1, 0.15) is 83.1 Å². The van der Waals surface area contributed by atoms with Crippen LogP contribution in [-0.4, -0.2) is 20.6 Å². The molecule has 0 N–H and O–H groups in total. The zero-order valence-corrected chi connectivity index (χ0v) is 25.6. The number of hydrogen-bond donors (Lipinski definition) is 0. The van der Waals surface area contributed by atoms with E-state index in [1.165, 1.54) is 0 Å². The summed E-state index contributed by atoms with van der Waals surface area (Å²) < 4.78 is 0. The average Bonchev–Trinajstić information content (AvgIpc) is 3.06. The molecule has 2 rings (SSSR count). The summed E-state index contributed by atoms with van der Waals surface area (Å²) in [5, 5.41) is 4.65. The van der Waals surface area contributed by atoms with Crippen molar-refractivity contribution in [2.45, 2.75) is 104 Å². The van der Waals surface area contributed by atoms with Crippen molar-refractivity contribution in [1.29, 1.82) is 0 Å². The van der Waals surface area contributed by atoms with Gasteiger partial charge in [-0.15, -0.1) is 10.6 Å². The fourth-order valence-corrected chi connectivity index (χ4v) is 12.7. The third kappa shape index (κ3) is 10.1. The molecule has 0 atom stereocenters. The second-order valence-corrected chi connectivity index (χ2v) is 19.4. The quantitative estimate of drug-likeness (QED) is 0.191. The molecule has 0 fully saturated rings. The van der Waals surface area contributed by atoms with Crippen LogP contribution in [-0.2, 0) is 37.5 Å². The third-order valence-corrected chi connectivity index (χ3v) is 11.5. The molecule has 0 aliphatic rings. The third-order valence-electron chi connectivity index (χ3n) is 4.49. The summed E-state index contributed by atoms with van der Waals surface area (Å²) in [7, 11) is -0.202. The molecule has 0 heterocycles. The Morgan fingerprint density at radius 3 is 0.900 bits per heavy atom. The van der Waals surface area contributed by atoms with Crippen molar-refractivity contribution >= 4 is 26.5 Å². The van der Waals surface area contributed by atoms with Crippen molar-refractivity contribution in [1.82, 2.24) is 0 Å². The van der Waals surface area contributed by atoms with Crippen molar-refractivity contribution in [3.8, 4) is 0 Å². The molecule has 2 aromatic rings. The van der Waals surface area contributed by atoms with E-state index in [0.29, 0.717) is 20.6 Å². The van der Waals surface area contributed by atoms with E-state index in [4.69, 9.17) is 0 Å². The zero-order chi connectivity index (χ0) is 22.0. The van der Waals surface area contributed by atoms with Crippen LogP contribution in [0, 0.1) is 0 Å². The molecule has 0 radical (unpaired) electrons. The smallest absolute Gasteiger partial charge is 0.213 e. The molecule has 0 unspecified atom stereocenters. The summed E-state index contributed by atoms with van der Waals surface area (Å²) in [6, 6.07) is 17.7. The first-order valence-electron chi connectivity index (χ1n) is 10.5. The summed E-state index contributed by atoms with van der Waals surface area (Å²) in [5.41, 5.74) is 0. The van der Waals surface area contributed by atoms with Gasteiger partial charge in [0.2, 0.25) is 0 Å². The second-order valence-electron chi connectivity index (χ2n) is 11.6. The molecule has 0 bridgehead atoms. The monoisotopic (exact) mass is 580 g/mol. The van der Waals surface area contributed by atoms with Gasteiger partial charge in [-0.25, -0.2) is 24.3 Å². The topological polar surface area (TPSA) is 0 Å². The summed E-state index contributed by atoms with van der Waals surface area (Å²) in [6.07, 6.45) is 0. The van der Waals surface area contributed by atoms with Crippen LogP contribution in [0.15, 0.2) is 48.5 Å². The first-order valence-corrected chi connectivity index (χ1v) is 13.2. The molecule has 0 amide bonds. The Hall–Kier alpha value is 0.742. The minimum absolute atomic E-state index is 0. The van der Waals surface area contributed by atoms with Gasteiger partial charge in [0.25, 0.3) is 0 Å². The summed E-state index contributed by atoms with van der Waals surface area (Å²) in [6.45, 7) is 28.3. The van der Waals surface area contributed by atoms with Crippen LogP contribution in [0.3, 0.4) is 0 Å².